The van der Waals surface area contributed by atoms with Crippen LogP contribution in [0, 0.1) is 0 Å². The van der Waals surface area contributed by atoms with Crippen molar-refractivity contribution in [1.29, 1.82) is 0 Å². The fraction of sp³-hybridized carbons (Fsp3) is 0. The van der Waals surface area contributed by atoms with Gasteiger partial charge in [0.2, 0.25) is 0 Å². The summed E-state index contributed by atoms with van der Waals surface area (Å²) in [5.41, 5.74) is 7.56. The van der Waals surface area contributed by atoms with E-state index >= 15 is 0 Å². The molecular weight excluding hydrogens is 358 g/mol. The Hall–Kier alpha value is -4.05. The first-order chi connectivity index (χ1) is 14.3. The molecule has 0 bridgehead atoms. The first-order valence-corrected chi connectivity index (χ1v) is 9.31. The molecule has 4 nitrogen and oxygen atoms in total. The van der Waals surface area contributed by atoms with E-state index in [9.17, 15) is 4.79 Å². The van der Waals surface area contributed by atoms with Gasteiger partial charge in [0.05, 0.1) is 5.69 Å². The van der Waals surface area contributed by atoms with E-state index in [0.717, 1.165) is 16.7 Å². The maximum Gasteiger partial charge on any atom is 0.271 e. The predicted molar refractivity (Wildman–Crippen MR) is 116 cm³/mol. The lowest BCUT2D eigenvalue weighted by atomic mass is 10.0. The van der Waals surface area contributed by atoms with Crippen molar-refractivity contribution in [2.24, 2.45) is 5.10 Å². The predicted octanol–water partition coefficient (Wildman–Crippen LogP) is 4.93. The van der Waals surface area contributed by atoms with Crippen LogP contribution in [0.3, 0.4) is 0 Å². The number of benzene rings is 3. The Labute approximate surface area is 169 Å². The second-order valence-corrected chi connectivity index (χ2v) is 6.43. The molecule has 0 aliphatic rings. The zero-order chi connectivity index (χ0) is 19.9. The van der Waals surface area contributed by atoms with Crippen LogP contribution in [0.15, 0.2) is 114 Å². The summed E-state index contributed by atoms with van der Waals surface area (Å²) in [6.07, 6.45) is 1.71. The lowest BCUT2D eigenvalue weighted by Crippen LogP contribution is -2.21. The van der Waals surface area contributed by atoms with Gasteiger partial charge < -0.3 is 0 Å². The number of carbonyl (C=O) groups excluding carboxylic acids is 1. The molecular formula is C25H19N3O. The van der Waals surface area contributed by atoms with Crippen molar-refractivity contribution in [3.63, 3.8) is 0 Å². The summed E-state index contributed by atoms with van der Waals surface area (Å²) in [4.78, 5) is 17.0. The highest BCUT2D eigenvalue weighted by Gasteiger charge is 2.10. The molecule has 0 saturated heterocycles. The molecule has 140 valence electrons. The van der Waals surface area contributed by atoms with Crippen LogP contribution in [0.5, 0.6) is 0 Å². The second-order valence-electron chi connectivity index (χ2n) is 6.43. The normalized spacial score (nSPS) is 11.1. The molecule has 0 saturated carbocycles. The van der Waals surface area contributed by atoms with Gasteiger partial charge in [-0.15, -0.1) is 0 Å². The second kappa shape index (κ2) is 8.76. The molecule has 1 N–H and O–H groups in total. The maximum absolute atomic E-state index is 12.6. The monoisotopic (exact) mass is 377 g/mol. The van der Waals surface area contributed by atoms with Crippen LogP contribution < -0.4 is 5.43 Å². The van der Waals surface area contributed by atoms with Crippen molar-refractivity contribution in [2.75, 3.05) is 0 Å². The molecule has 1 aromatic heterocycles. The third-order valence-electron chi connectivity index (χ3n) is 4.48. The zero-order valence-corrected chi connectivity index (χ0v) is 15.7. The van der Waals surface area contributed by atoms with E-state index in [2.05, 4.69) is 15.5 Å². The van der Waals surface area contributed by atoms with E-state index in [4.69, 9.17) is 0 Å². The summed E-state index contributed by atoms with van der Waals surface area (Å²) in [5.74, 6) is -0.269. The van der Waals surface area contributed by atoms with Gasteiger partial charge in [0, 0.05) is 17.3 Å². The average Bonchev–Trinajstić information content (AvgIpc) is 2.81. The maximum atomic E-state index is 12.6. The average molecular weight is 377 g/mol. The smallest absolute Gasteiger partial charge is 0.267 e. The summed E-state index contributed by atoms with van der Waals surface area (Å²) in [6.45, 7) is 0. The molecule has 1 heterocycles. The summed E-state index contributed by atoms with van der Waals surface area (Å²) in [6, 6.07) is 32.8. The number of pyridine rings is 1. The molecule has 0 fully saturated rings. The SMILES string of the molecule is O=C(NN=C(c1ccccc1)c1ccccn1)c1ccc(-c2ccccc2)cc1. The van der Waals surface area contributed by atoms with Crippen molar-refractivity contribution >= 4 is 11.6 Å². The molecule has 3 aromatic carbocycles. The Morgan fingerprint density at radius 3 is 1.93 bits per heavy atom. The molecule has 4 heteroatoms. The van der Waals surface area contributed by atoms with Gasteiger partial charge >= 0.3 is 0 Å². The van der Waals surface area contributed by atoms with E-state index in [1.165, 1.54) is 0 Å². The van der Waals surface area contributed by atoms with Gasteiger partial charge in [-0.1, -0.05) is 78.9 Å². The molecule has 0 aliphatic carbocycles. The van der Waals surface area contributed by atoms with Gasteiger partial charge in [-0.25, -0.2) is 5.43 Å². The van der Waals surface area contributed by atoms with Crippen molar-refractivity contribution < 1.29 is 4.79 Å². The Morgan fingerprint density at radius 2 is 1.28 bits per heavy atom. The Bertz CT molecular complexity index is 1070. The van der Waals surface area contributed by atoms with Crippen LogP contribution in [-0.4, -0.2) is 16.6 Å². The largest absolute Gasteiger partial charge is 0.271 e. The lowest BCUT2D eigenvalue weighted by Gasteiger charge is -2.08. The van der Waals surface area contributed by atoms with Gasteiger partial charge in [-0.2, -0.15) is 5.10 Å². The van der Waals surface area contributed by atoms with Crippen LogP contribution >= 0.6 is 0 Å². The summed E-state index contributed by atoms with van der Waals surface area (Å²) >= 11 is 0. The number of nitrogens with one attached hydrogen (secondary N) is 1. The molecule has 0 radical (unpaired) electrons. The van der Waals surface area contributed by atoms with Crippen LogP contribution in [-0.2, 0) is 0 Å². The summed E-state index contributed by atoms with van der Waals surface area (Å²) < 4.78 is 0. The molecule has 1 amide bonds. The molecule has 0 unspecified atom stereocenters. The van der Waals surface area contributed by atoms with Gasteiger partial charge in [-0.3, -0.25) is 9.78 Å². The van der Waals surface area contributed by atoms with E-state index in [1.54, 1.807) is 18.3 Å². The van der Waals surface area contributed by atoms with Crippen molar-refractivity contribution in [2.45, 2.75) is 0 Å². The van der Waals surface area contributed by atoms with Crippen LogP contribution in [0.2, 0.25) is 0 Å². The topological polar surface area (TPSA) is 54.4 Å². The van der Waals surface area contributed by atoms with E-state index in [0.29, 0.717) is 17.0 Å². The van der Waals surface area contributed by atoms with Crippen molar-refractivity contribution in [1.82, 2.24) is 10.4 Å². The van der Waals surface area contributed by atoms with Crippen LogP contribution in [0.25, 0.3) is 11.1 Å². The minimum absolute atomic E-state index is 0.269. The van der Waals surface area contributed by atoms with Crippen molar-refractivity contribution in [3.05, 3.63) is 126 Å². The number of aromatic nitrogens is 1. The van der Waals surface area contributed by atoms with Crippen LogP contribution in [0.4, 0.5) is 0 Å². The van der Waals surface area contributed by atoms with E-state index < -0.39 is 0 Å². The highest BCUT2D eigenvalue weighted by molar-refractivity contribution is 6.12. The number of hydrogen-bond acceptors (Lipinski definition) is 3. The number of hydrogen-bond donors (Lipinski definition) is 1. The highest BCUT2D eigenvalue weighted by atomic mass is 16.2. The quantitative estimate of drug-likeness (QED) is 0.396. The van der Waals surface area contributed by atoms with Crippen molar-refractivity contribution in [3.8, 4) is 11.1 Å². The van der Waals surface area contributed by atoms with Crippen LogP contribution in [0.1, 0.15) is 21.6 Å². The number of rotatable bonds is 5. The van der Waals surface area contributed by atoms with Gasteiger partial charge in [0.15, 0.2) is 0 Å². The van der Waals surface area contributed by atoms with Gasteiger partial charge in [0.1, 0.15) is 5.71 Å². The third kappa shape index (κ3) is 4.45. The number of amides is 1. The standard InChI is InChI=1S/C25H19N3O/c29-25(22-16-14-20(15-17-22)19-9-3-1-4-10-19)28-27-24(21-11-5-2-6-12-21)23-13-7-8-18-26-23/h1-18H,(H,28,29). The van der Waals surface area contributed by atoms with E-state index in [-0.39, 0.29) is 5.91 Å². The first-order valence-electron chi connectivity index (χ1n) is 9.31. The Kier molecular flexibility index (Phi) is 5.53. The molecule has 0 atom stereocenters. The fourth-order valence-corrected chi connectivity index (χ4v) is 2.98. The van der Waals surface area contributed by atoms with E-state index in [1.807, 2.05) is 91.0 Å². The Morgan fingerprint density at radius 1 is 0.655 bits per heavy atom. The lowest BCUT2D eigenvalue weighted by molar-refractivity contribution is 0.0955. The Balaban J connectivity index is 1.57. The molecule has 29 heavy (non-hydrogen) atoms. The summed E-state index contributed by atoms with van der Waals surface area (Å²) in [7, 11) is 0. The minimum Gasteiger partial charge on any atom is -0.267 e. The fourth-order valence-electron chi connectivity index (χ4n) is 2.98. The molecule has 4 aromatic rings. The molecule has 0 aliphatic heterocycles. The minimum atomic E-state index is -0.269. The van der Waals surface area contributed by atoms with Gasteiger partial charge in [0.25, 0.3) is 5.91 Å². The van der Waals surface area contributed by atoms with Gasteiger partial charge in [-0.05, 0) is 35.4 Å². The third-order valence-corrected chi connectivity index (χ3v) is 4.48. The number of hydrazone groups is 1. The number of carbonyl (C=O) groups is 1. The summed E-state index contributed by atoms with van der Waals surface area (Å²) in [5, 5.41) is 4.38. The zero-order valence-electron chi connectivity index (χ0n) is 15.7. The highest BCUT2D eigenvalue weighted by Crippen LogP contribution is 2.19. The number of nitrogens with zero attached hydrogens (tertiary/aromatic N) is 2. The molecule has 0 spiro atoms. The first kappa shape index (κ1) is 18.3. The molecule has 4 rings (SSSR count).